The van der Waals surface area contributed by atoms with Crippen molar-refractivity contribution in [3.05, 3.63) is 117 Å². The quantitative estimate of drug-likeness (QED) is 0.177. The van der Waals surface area contributed by atoms with E-state index in [1.54, 1.807) is 43.7 Å². The van der Waals surface area contributed by atoms with E-state index >= 15 is 0 Å². The highest BCUT2D eigenvalue weighted by atomic mass is 79.9. The average molecular weight is 742 g/mol. The fourth-order valence-electron chi connectivity index (χ4n) is 4.89. The van der Waals surface area contributed by atoms with E-state index in [0.29, 0.717) is 55.5 Å². The van der Waals surface area contributed by atoms with Crippen molar-refractivity contribution < 1.29 is 23.7 Å². The number of rotatable bonds is 10. The van der Waals surface area contributed by atoms with Crippen LogP contribution in [0.2, 0.25) is 0 Å². The highest BCUT2D eigenvalue weighted by molar-refractivity contribution is 9.10. The summed E-state index contributed by atoms with van der Waals surface area (Å²) in [5, 5.41) is 0. The molecule has 4 aromatic rings. The number of benzene rings is 3. The first-order valence-electron chi connectivity index (χ1n) is 13.9. The van der Waals surface area contributed by atoms with E-state index in [1.807, 2.05) is 55.5 Å². The minimum atomic E-state index is -0.824. The maximum atomic E-state index is 14.2. The summed E-state index contributed by atoms with van der Waals surface area (Å²) in [6, 6.07) is 18.2. The fourth-order valence-corrected chi connectivity index (χ4v) is 6.73. The first-order chi connectivity index (χ1) is 21.2. The topological polar surface area (TPSA) is 88.4 Å². The van der Waals surface area contributed by atoms with Crippen LogP contribution in [-0.4, -0.2) is 30.9 Å². The number of thiazole rings is 1. The fraction of sp³-hybridized carbons (Fsp3) is 0.242. The number of esters is 1. The first kappa shape index (κ1) is 31.7. The number of aromatic nitrogens is 1. The van der Waals surface area contributed by atoms with Gasteiger partial charge in [0, 0.05) is 14.5 Å². The third-order valence-corrected chi connectivity index (χ3v) is 9.11. The van der Waals surface area contributed by atoms with Gasteiger partial charge < -0.3 is 18.9 Å². The van der Waals surface area contributed by atoms with Crippen LogP contribution < -0.4 is 29.1 Å². The largest absolute Gasteiger partial charge is 0.493 e. The standard InChI is InChI=1S/C33H30Br2N2O6S/c1-5-41-27-17-24(35)23(16-26(27)40-4)30-29(32(39)42-6-2)19(3)36-33-37(30)31(38)28(44-33)15-21-9-7-8-10-25(21)43-18-20-11-13-22(34)14-12-20/h7-17,30H,5-6,18H2,1-4H3/b28-15+/t30-/m1/s1. The third-order valence-electron chi connectivity index (χ3n) is 6.91. The van der Waals surface area contributed by atoms with Crippen molar-refractivity contribution >= 4 is 55.2 Å². The molecule has 5 rings (SSSR count). The Morgan fingerprint density at radius 3 is 2.45 bits per heavy atom. The molecule has 44 heavy (non-hydrogen) atoms. The Bertz CT molecular complexity index is 1910. The summed E-state index contributed by atoms with van der Waals surface area (Å²) < 4.78 is 26.6. The Hall–Kier alpha value is -3.67. The van der Waals surface area contributed by atoms with E-state index < -0.39 is 12.0 Å². The zero-order valence-corrected chi connectivity index (χ0v) is 28.5. The van der Waals surface area contributed by atoms with Crippen LogP contribution in [0.4, 0.5) is 0 Å². The maximum Gasteiger partial charge on any atom is 0.338 e. The molecule has 1 atom stereocenters. The normalized spacial score (nSPS) is 14.6. The summed E-state index contributed by atoms with van der Waals surface area (Å²) in [5.41, 5.74) is 2.84. The lowest BCUT2D eigenvalue weighted by molar-refractivity contribution is -0.139. The molecule has 0 N–H and O–H groups in total. The van der Waals surface area contributed by atoms with Crippen LogP contribution in [0.15, 0.2) is 90.7 Å². The molecule has 0 bridgehead atoms. The molecule has 0 unspecified atom stereocenters. The molecule has 0 amide bonds. The minimum absolute atomic E-state index is 0.178. The van der Waals surface area contributed by atoms with E-state index in [4.69, 9.17) is 18.9 Å². The Morgan fingerprint density at radius 1 is 1.00 bits per heavy atom. The van der Waals surface area contributed by atoms with Gasteiger partial charge in [0.1, 0.15) is 12.4 Å². The van der Waals surface area contributed by atoms with Gasteiger partial charge in [-0.1, -0.05) is 73.5 Å². The van der Waals surface area contributed by atoms with Crippen LogP contribution in [0.25, 0.3) is 6.08 Å². The molecule has 0 saturated carbocycles. The monoisotopic (exact) mass is 740 g/mol. The second-order valence-corrected chi connectivity index (χ2v) is 12.5. The smallest absolute Gasteiger partial charge is 0.338 e. The first-order valence-corrected chi connectivity index (χ1v) is 16.3. The van der Waals surface area contributed by atoms with Gasteiger partial charge in [-0.3, -0.25) is 9.36 Å². The van der Waals surface area contributed by atoms with E-state index in [2.05, 4.69) is 36.9 Å². The SMILES string of the molecule is CCOC(=O)C1=C(C)N=c2s/c(=C/c3ccccc3OCc3ccc(Br)cc3)c(=O)n2[C@@H]1c1cc(OC)c(OCC)cc1Br. The number of carbonyl (C=O) groups excluding carboxylic acids is 1. The Balaban J connectivity index is 1.64. The molecule has 1 aliphatic heterocycles. The Morgan fingerprint density at radius 2 is 1.75 bits per heavy atom. The predicted octanol–water partition coefficient (Wildman–Crippen LogP) is 6.31. The highest BCUT2D eigenvalue weighted by Gasteiger charge is 2.35. The molecular formula is C33H30Br2N2O6S. The molecule has 8 nitrogen and oxygen atoms in total. The van der Waals surface area contributed by atoms with Gasteiger partial charge in [-0.05, 0) is 68.3 Å². The summed E-state index contributed by atoms with van der Waals surface area (Å²) >= 11 is 8.36. The van der Waals surface area contributed by atoms with E-state index in [-0.39, 0.29) is 17.7 Å². The number of carbonyl (C=O) groups is 1. The molecule has 0 spiro atoms. The summed E-state index contributed by atoms with van der Waals surface area (Å²) in [7, 11) is 1.55. The number of fused-ring (bicyclic) bond motifs is 1. The average Bonchev–Trinajstić information content (AvgIpc) is 3.31. The third kappa shape index (κ3) is 6.55. The number of allylic oxidation sites excluding steroid dienone is 1. The van der Waals surface area contributed by atoms with Gasteiger partial charge in [-0.2, -0.15) is 0 Å². The number of hydrogen-bond donors (Lipinski definition) is 0. The van der Waals surface area contributed by atoms with Gasteiger partial charge in [0.15, 0.2) is 16.3 Å². The van der Waals surface area contributed by atoms with Crippen molar-refractivity contribution in [2.24, 2.45) is 4.99 Å². The predicted molar refractivity (Wildman–Crippen MR) is 177 cm³/mol. The summed E-state index contributed by atoms with van der Waals surface area (Å²) in [5.74, 6) is 1.11. The van der Waals surface area contributed by atoms with Crippen LogP contribution in [0.3, 0.4) is 0 Å². The van der Waals surface area contributed by atoms with Crippen molar-refractivity contribution in [3.8, 4) is 17.2 Å². The lowest BCUT2D eigenvalue weighted by Crippen LogP contribution is -2.40. The molecule has 228 valence electrons. The lowest BCUT2D eigenvalue weighted by atomic mass is 9.95. The van der Waals surface area contributed by atoms with Gasteiger partial charge in [0.2, 0.25) is 0 Å². The van der Waals surface area contributed by atoms with Crippen LogP contribution in [0.5, 0.6) is 17.2 Å². The van der Waals surface area contributed by atoms with Crippen molar-refractivity contribution in [2.75, 3.05) is 20.3 Å². The van der Waals surface area contributed by atoms with Gasteiger partial charge >= 0.3 is 5.97 Å². The van der Waals surface area contributed by atoms with Crippen LogP contribution >= 0.6 is 43.2 Å². The molecule has 0 radical (unpaired) electrons. The van der Waals surface area contributed by atoms with E-state index in [0.717, 1.165) is 15.6 Å². The van der Waals surface area contributed by atoms with Crippen LogP contribution in [0.1, 0.15) is 43.5 Å². The number of ether oxygens (including phenoxy) is 4. The van der Waals surface area contributed by atoms with Crippen molar-refractivity contribution in [1.29, 1.82) is 0 Å². The van der Waals surface area contributed by atoms with Crippen LogP contribution in [-0.2, 0) is 16.1 Å². The van der Waals surface area contributed by atoms with Gasteiger partial charge in [-0.15, -0.1) is 0 Å². The molecule has 1 aliphatic rings. The summed E-state index contributed by atoms with van der Waals surface area (Å²) in [6.07, 6.45) is 1.80. The second-order valence-electron chi connectivity index (χ2n) is 9.71. The second kappa shape index (κ2) is 14.0. The van der Waals surface area contributed by atoms with E-state index in [9.17, 15) is 9.59 Å². The summed E-state index contributed by atoms with van der Waals surface area (Å²) in [6.45, 7) is 6.37. The number of para-hydroxylation sites is 1. The zero-order valence-electron chi connectivity index (χ0n) is 24.6. The molecule has 0 aliphatic carbocycles. The van der Waals surface area contributed by atoms with Crippen molar-refractivity contribution in [2.45, 2.75) is 33.4 Å². The van der Waals surface area contributed by atoms with Gasteiger partial charge in [0.05, 0.1) is 42.2 Å². The molecule has 3 aromatic carbocycles. The van der Waals surface area contributed by atoms with Gasteiger partial charge in [-0.25, -0.2) is 9.79 Å². The molecule has 2 heterocycles. The Labute approximate surface area is 275 Å². The lowest BCUT2D eigenvalue weighted by Gasteiger charge is -2.26. The maximum absolute atomic E-state index is 14.2. The van der Waals surface area contributed by atoms with Gasteiger partial charge in [0.25, 0.3) is 5.56 Å². The number of halogens is 2. The highest BCUT2D eigenvalue weighted by Crippen LogP contribution is 2.41. The minimum Gasteiger partial charge on any atom is -0.493 e. The number of methoxy groups -OCH3 is 1. The number of hydrogen-bond acceptors (Lipinski definition) is 8. The van der Waals surface area contributed by atoms with E-state index in [1.165, 1.54) is 11.3 Å². The molecule has 0 fully saturated rings. The van der Waals surface area contributed by atoms with Crippen molar-refractivity contribution in [3.63, 3.8) is 0 Å². The molecule has 11 heteroatoms. The molecule has 0 saturated heterocycles. The molecule has 1 aromatic heterocycles. The summed E-state index contributed by atoms with van der Waals surface area (Å²) in [4.78, 5) is 32.7. The molecular weight excluding hydrogens is 712 g/mol. The number of nitrogens with zero attached hydrogens (tertiary/aromatic N) is 2. The van der Waals surface area contributed by atoms with Crippen molar-refractivity contribution in [1.82, 2.24) is 4.57 Å². The zero-order chi connectivity index (χ0) is 31.4. The van der Waals surface area contributed by atoms with Crippen LogP contribution in [0, 0.1) is 0 Å². The Kier molecular flexibility index (Phi) is 10.1.